The fourth-order valence-electron chi connectivity index (χ4n) is 1.44. The number of esters is 1. The average molecular weight is 334 g/mol. The van der Waals surface area contributed by atoms with Crippen LogP contribution in [0.25, 0.3) is 0 Å². The summed E-state index contributed by atoms with van der Waals surface area (Å²) in [6, 6.07) is 5.44. The minimum atomic E-state index is -4.02. The zero-order chi connectivity index (χ0) is 15.6. The van der Waals surface area contributed by atoms with Gasteiger partial charge in [-0.2, -0.15) is 0 Å². The number of carbonyl (C=O) groups is 1. The Kier molecular flexibility index (Phi) is 4.19. The SMILES string of the molecule is COC(=O)c1ccc(NS(=O)(=O)c2ccc(F)c(Cl)c2)o1. The van der Waals surface area contributed by atoms with Crippen LogP contribution in [-0.4, -0.2) is 21.5 Å². The molecular weight excluding hydrogens is 325 g/mol. The third-order valence-electron chi connectivity index (χ3n) is 2.43. The molecule has 1 N–H and O–H groups in total. The van der Waals surface area contributed by atoms with Gasteiger partial charge in [0.05, 0.1) is 17.0 Å². The van der Waals surface area contributed by atoms with E-state index in [9.17, 15) is 17.6 Å². The number of methoxy groups -OCH3 is 1. The normalized spacial score (nSPS) is 11.2. The van der Waals surface area contributed by atoms with Gasteiger partial charge in [-0.1, -0.05) is 11.6 Å². The number of furan rings is 1. The summed E-state index contributed by atoms with van der Waals surface area (Å²) in [6.07, 6.45) is 0. The summed E-state index contributed by atoms with van der Waals surface area (Å²) < 4.78 is 48.6. The van der Waals surface area contributed by atoms with Gasteiger partial charge in [0.25, 0.3) is 10.0 Å². The first kappa shape index (κ1) is 15.3. The summed E-state index contributed by atoms with van der Waals surface area (Å²) in [7, 11) is -2.86. The van der Waals surface area contributed by atoms with Gasteiger partial charge in [0.15, 0.2) is 0 Å². The van der Waals surface area contributed by atoms with Crippen LogP contribution < -0.4 is 4.72 Å². The molecule has 1 aromatic heterocycles. The molecule has 9 heteroatoms. The Balaban J connectivity index is 2.26. The first-order chi connectivity index (χ1) is 9.83. The molecule has 0 fully saturated rings. The predicted molar refractivity (Wildman–Crippen MR) is 72.3 cm³/mol. The molecule has 1 heterocycles. The van der Waals surface area contributed by atoms with Crippen molar-refractivity contribution in [2.45, 2.75) is 4.90 Å². The molecule has 0 saturated heterocycles. The van der Waals surface area contributed by atoms with E-state index in [1.54, 1.807) is 0 Å². The van der Waals surface area contributed by atoms with Crippen LogP contribution in [0.2, 0.25) is 5.02 Å². The molecule has 0 bridgehead atoms. The highest BCUT2D eigenvalue weighted by molar-refractivity contribution is 7.92. The summed E-state index contributed by atoms with van der Waals surface area (Å²) in [6.45, 7) is 0. The highest BCUT2D eigenvalue weighted by atomic mass is 35.5. The number of hydrogen-bond acceptors (Lipinski definition) is 5. The van der Waals surface area contributed by atoms with Crippen molar-refractivity contribution in [3.8, 4) is 0 Å². The minimum absolute atomic E-state index is 0.160. The van der Waals surface area contributed by atoms with Crippen molar-refractivity contribution in [3.05, 3.63) is 46.9 Å². The summed E-state index contributed by atoms with van der Waals surface area (Å²) in [5.41, 5.74) is 0. The maximum absolute atomic E-state index is 13.0. The number of nitrogens with one attached hydrogen (secondary N) is 1. The number of anilines is 1. The van der Waals surface area contributed by atoms with Gasteiger partial charge in [-0.05, 0) is 24.3 Å². The molecule has 0 aliphatic heterocycles. The van der Waals surface area contributed by atoms with Gasteiger partial charge >= 0.3 is 5.97 Å². The Bertz CT molecular complexity index is 787. The molecule has 112 valence electrons. The molecule has 1 aromatic carbocycles. The zero-order valence-corrected chi connectivity index (χ0v) is 12.2. The van der Waals surface area contributed by atoms with Crippen molar-refractivity contribution in [1.29, 1.82) is 0 Å². The van der Waals surface area contributed by atoms with E-state index in [4.69, 9.17) is 16.0 Å². The lowest BCUT2D eigenvalue weighted by Gasteiger charge is -2.06. The highest BCUT2D eigenvalue weighted by Gasteiger charge is 2.19. The van der Waals surface area contributed by atoms with Crippen molar-refractivity contribution in [1.82, 2.24) is 0 Å². The second-order valence-corrected chi connectivity index (χ2v) is 5.93. The molecule has 0 radical (unpaired) electrons. The summed E-state index contributed by atoms with van der Waals surface area (Å²) in [5.74, 6) is -1.82. The van der Waals surface area contributed by atoms with E-state index in [0.29, 0.717) is 0 Å². The monoisotopic (exact) mass is 333 g/mol. The van der Waals surface area contributed by atoms with Crippen LogP contribution in [-0.2, 0) is 14.8 Å². The van der Waals surface area contributed by atoms with Gasteiger partial charge in [0, 0.05) is 6.07 Å². The Labute approximate surface area is 124 Å². The molecule has 6 nitrogen and oxygen atoms in total. The predicted octanol–water partition coefficient (Wildman–Crippen LogP) is 2.66. The maximum Gasteiger partial charge on any atom is 0.374 e. The first-order valence-electron chi connectivity index (χ1n) is 5.49. The number of carbonyl (C=O) groups excluding carboxylic acids is 1. The van der Waals surface area contributed by atoms with Crippen LogP contribution in [0.4, 0.5) is 10.3 Å². The minimum Gasteiger partial charge on any atom is -0.463 e. The molecule has 0 aliphatic carbocycles. The van der Waals surface area contributed by atoms with Crippen LogP contribution in [0.5, 0.6) is 0 Å². The second-order valence-electron chi connectivity index (χ2n) is 3.84. The molecule has 0 unspecified atom stereocenters. The van der Waals surface area contributed by atoms with E-state index in [-0.39, 0.29) is 21.6 Å². The zero-order valence-electron chi connectivity index (χ0n) is 10.6. The van der Waals surface area contributed by atoms with Gasteiger partial charge in [-0.25, -0.2) is 22.3 Å². The second kappa shape index (κ2) is 5.74. The van der Waals surface area contributed by atoms with Crippen molar-refractivity contribution < 1.29 is 26.8 Å². The van der Waals surface area contributed by atoms with E-state index >= 15 is 0 Å². The molecule has 21 heavy (non-hydrogen) atoms. The average Bonchev–Trinajstić information content (AvgIpc) is 2.88. The smallest absolute Gasteiger partial charge is 0.374 e. The molecule has 0 spiro atoms. The molecule has 0 aliphatic rings. The van der Waals surface area contributed by atoms with Crippen LogP contribution in [0, 0.1) is 5.82 Å². The third kappa shape index (κ3) is 3.34. The van der Waals surface area contributed by atoms with Crippen molar-refractivity contribution in [2.75, 3.05) is 11.8 Å². The fourth-order valence-corrected chi connectivity index (χ4v) is 2.70. The first-order valence-corrected chi connectivity index (χ1v) is 7.35. The Hall–Kier alpha value is -2.06. The fraction of sp³-hybridized carbons (Fsp3) is 0.0833. The number of ether oxygens (including phenoxy) is 1. The van der Waals surface area contributed by atoms with Gasteiger partial charge in [0.1, 0.15) is 5.82 Å². The Morgan fingerprint density at radius 1 is 1.33 bits per heavy atom. The van der Waals surface area contributed by atoms with E-state index < -0.39 is 21.8 Å². The van der Waals surface area contributed by atoms with Gasteiger partial charge in [0.2, 0.25) is 11.6 Å². The van der Waals surface area contributed by atoms with E-state index in [2.05, 4.69) is 9.46 Å². The van der Waals surface area contributed by atoms with Crippen LogP contribution in [0.15, 0.2) is 39.6 Å². The topological polar surface area (TPSA) is 85.6 Å². The molecule has 2 rings (SSSR count). The lowest BCUT2D eigenvalue weighted by atomic mass is 10.3. The van der Waals surface area contributed by atoms with Crippen LogP contribution >= 0.6 is 11.6 Å². The Morgan fingerprint density at radius 3 is 2.67 bits per heavy atom. The molecular formula is C12H9ClFNO5S. The number of sulfonamides is 1. The van der Waals surface area contributed by atoms with Crippen molar-refractivity contribution >= 4 is 33.5 Å². The molecule has 2 aromatic rings. The lowest BCUT2D eigenvalue weighted by Crippen LogP contribution is -2.12. The molecule has 0 saturated carbocycles. The van der Waals surface area contributed by atoms with Crippen molar-refractivity contribution in [2.24, 2.45) is 0 Å². The van der Waals surface area contributed by atoms with Gasteiger partial charge in [-0.3, -0.25) is 0 Å². The number of hydrogen-bond donors (Lipinski definition) is 1. The standard InChI is InChI=1S/C12H9ClFNO5S/c1-19-12(16)10-4-5-11(20-10)15-21(17,18)7-2-3-9(14)8(13)6-7/h2-6,15H,1H3. The van der Waals surface area contributed by atoms with E-state index in [1.807, 2.05) is 0 Å². The summed E-state index contributed by atoms with van der Waals surface area (Å²) >= 11 is 5.54. The summed E-state index contributed by atoms with van der Waals surface area (Å²) in [4.78, 5) is 10.9. The third-order valence-corrected chi connectivity index (χ3v) is 4.06. The van der Waals surface area contributed by atoms with Crippen molar-refractivity contribution in [3.63, 3.8) is 0 Å². The largest absolute Gasteiger partial charge is 0.463 e. The number of halogens is 2. The lowest BCUT2D eigenvalue weighted by molar-refractivity contribution is 0.0566. The molecule has 0 atom stereocenters. The number of benzene rings is 1. The Morgan fingerprint density at radius 2 is 2.05 bits per heavy atom. The summed E-state index contributed by atoms with van der Waals surface area (Å²) in [5, 5.41) is -0.326. The van der Waals surface area contributed by atoms with E-state index in [0.717, 1.165) is 25.3 Å². The molecule has 0 amide bonds. The van der Waals surface area contributed by atoms with Crippen LogP contribution in [0.1, 0.15) is 10.6 Å². The maximum atomic E-state index is 13.0. The van der Waals surface area contributed by atoms with Gasteiger partial charge in [-0.15, -0.1) is 0 Å². The van der Waals surface area contributed by atoms with Crippen LogP contribution in [0.3, 0.4) is 0 Å². The highest BCUT2D eigenvalue weighted by Crippen LogP contribution is 2.23. The van der Waals surface area contributed by atoms with Gasteiger partial charge < -0.3 is 9.15 Å². The quantitative estimate of drug-likeness (QED) is 0.869. The van der Waals surface area contributed by atoms with E-state index in [1.165, 1.54) is 12.1 Å². The number of rotatable bonds is 4.